The van der Waals surface area contributed by atoms with Crippen molar-refractivity contribution in [3.05, 3.63) is 34.3 Å². The van der Waals surface area contributed by atoms with Gasteiger partial charge in [-0.1, -0.05) is 43.1 Å². The Morgan fingerprint density at radius 2 is 1.73 bits per heavy atom. The second-order valence-corrected chi connectivity index (χ2v) is 3.29. The zero-order valence-corrected chi connectivity index (χ0v) is 9.71. The average molecular weight is 239 g/mol. The van der Waals surface area contributed by atoms with Crippen molar-refractivity contribution >= 4 is 11.6 Å². The quantitative estimate of drug-likeness (QED) is 0.661. The Morgan fingerprint density at radius 3 is 2.20 bits per heavy atom. The molecule has 0 N–H and O–H groups in total. The molecule has 0 aromatic heterocycles. The summed E-state index contributed by atoms with van der Waals surface area (Å²) in [5, 5.41) is 0.169. The fourth-order valence-electron chi connectivity index (χ4n) is 1.05. The molecule has 0 saturated carbocycles. The van der Waals surface area contributed by atoms with Crippen LogP contribution in [0.15, 0.2) is 18.2 Å². The van der Waals surface area contributed by atoms with Crippen LogP contribution in [0.1, 0.15) is 25.0 Å². The molecule has 1 aromatic carbocycles. The third kappa shape index (κ3) is 5.67. The second kappa shape index (κ2) is 6.01. The molecular weight excluding hydrogens is 225 g/mol. The molecule has 15 heavy (non-hydrogen) atoms. The lowest BCUT2D eigenvalue weighted by atomic mass is 10.1. The van der Waals surface area contributed by atoms with Gasteiger partial charge in [-0.05, 0) is 18.6 Å². The van der Waals surface area contributed by atoms with Crippen LogP contribution in [0, 0.1) is 6.92 Å². The van der Waals surface area contributed by atoms with E-state index in [1.54, 1.807) is 13.0 Å². The van der Waals surface area contributed by atoms with E-state index in [2.05, 4.69) is 0 Å². The maximum absolute atomic E-state index is 12.0. The largest absolute Gasteiger partial charge is 0.393 e. The lowest BCUT2D eigenvalue weighted by molar-refractivity contribution is -0.127. The fraction of sp³-hybridized carbons (Fsp3) is 0.455. The van der Waals surface area contributed by atoms with E-state index in [0.717, 1.165) is 5.56 Å². The lowest BCUT2D eigenvalue weighted by Crippen LogP contribution is -2.11. The van der Waals surface area contributed by atoms with Crippen LogP contribution >= 0.6 is 11.6 Å². The molecule has 0 nitrogen and oxygen atoms in total. The molecule has 0 heterocycles. The highest BCUT2D eigenvalue weighted by Crippen LogP contribution is 2.26. The molecule has 86 valence electrons. The van der Waals surface area contributed by atoms with Gasteiger partial charge in [0.15, 0.2) is 0 Å². The van der Waals surface area contributed by atoms with Crippen molar-refractivity contribution in [1.82, 2.24) is 0 Å². The molecule has 0 bridgehead atoms. The Bertz CT molecular complexity index is 305. The van der Waals surface area contributed by atoms with Gasteiger partial charge in [-0.25, -0.2) is 0 Å². The number of aryl methyl sites for hydroxylation is 1. The first-order chi connectivity index (χ1) is 6.88. The number of hydrogen-bond acceptors (Lipinski definition) is 0. The third-order valence-corrected chi connectivity index (χ3v) is 1.96. The van der Waals surface area contributed by atoms with Crippen molar-refractivity contribution in [2.24, 2.45) is 0 Å². The predicted octanol–water partition coefficient (Wildman–Crippen LogP) is 4.78. The fourth-order valence-corrected chi connectivity index (χ4v) is 1.24. The molecule has 0 unspecified atom stereocenters. The number of rotatable bonds is 1. The van der Waals surface area contributed by atoms with Crippen LogP contribution in [0.5, 0.6) is 0 Å². The van der Waals surface area contributed by atoms with Crippen molar-refractivity contribution in [3.8, 4) is 0 Å². The first kappa shape index (κ1) is 14.3. The Labute approximate surface area is 93.1 Å². The molecule has 0 aliphatic carbocycles. The Hall–Kier alpha value is -0.700. The van der Waals surface area contributed by atoms with Crippen molar-refractivity contribution in [3.63, 3.8) is 0 Å². The monoisotopic (exact) mass is 238 g/mol. The highest BCUT2D eigenvalue weighted by Gasteiger charge is 2.28. The molecular formula is C11H14ClF3. The Balaban J connectivity index is 0.000000921. The predicted molar refractivity (Wildman–Crippen MR) is 57.3 cm³/mol. The van der Waals surface area contributed by atoms with E-state index in [-0.39, 0.29) is 10.6 Å². The molecule has 0 aliphatic rings. The molecule has 0 radical (unpaired) electrons. The van der Waals surface area contributed by atoms with Gasteiger partial charge < -0.3 is 0 Å². The zero-order chi connectivity index (χ0) is 12.1. The van der Waals surface area contributed by atoms with Crippen LogP contribution < -0.4 is 0 Å². The molecule has 4 heteroatoms. The molecule has 0 spiro atoms. The first-order valence-corrected chi connectivity index (χ1v) is 5.08. The molecule has 1 rings (SSSR count). The van der Waals surface area contributed by atoms with Gasteiger partial charge in [0, 0.05) is 5.02 Å². The summed E-state index contributed by atoms with van der Waals surface area (Å²) in [7, 11) is 0. The summed E-state index contributed by atoms with van der Waals surface area (Å²) >= 11 is 5.60. The van der Waals surface area contributed by atoms with Gasteiger partial charge in [0.2, 0.25) is 0 Å². The van der Waals surface area contributed by atoms with Gasteiger partial charge in [-0.3, -0.25) is 0 Å². The van der Waals surface area contributed by atoms with E-state index in [9.17, 15) is 13.2 Å². The van der Waals surface area contributed by atoms with E-state index >= 15 is 0 Å². The van der Waals surface area contributed by atoms with Crippen molar-refractivity contribution in [1.29, 1.82) is 0 Å². The Kier molecular flexibility index (Phi) is 5.73. The molecule has 0 atom stereocenters. The standard InChI is InChI=1S/C9H8ClF3.C2H6/c1-6-2-3-8(10)7(4-6)5-9(11,12)13;1-2/h2-4H,5H2,1H3;1-2H3. The maximum Gasteiger partial charge on any atom is 0.393 e. The first-order valence-electron chi connectivity index (χ1n) is 4.70. The smallest absolute Gasteiger partial charge is 0.171 e. The minimum absolute atomic E-state index is 0.133. The van der Waals surface area contributed by atoms with E-state index in [4.69, 9.17) is 11.6 Å². The van der Waals surface area contributed by atoms with Crippen molar-refractivity contribution < 1.29 is 13.2 Å². The maximum atomic E-state index is 12.0. The Morgan fingerprint density at radius 1 is 1.20 bits per heavy atom. The number of hydrogen-bond donors (Lipinski definition) is 0. The lowest BCUT2D eigenvalue weighted by Gasteiger charge is -2.08. The van der Waals surface area contributed by atoms with E-state index in [0.29, 0.717) is 0 Å². The summed E-state index contributed by atoms with van der Waals surface area (Å²) in [6, 6.07) is 4.62. The van der Waals surface area contributed by atoms with Gasteiger partial charge in [0.25, 0.3) is 0 Å². The van der Waals surface area contributed by atoms with Crippen LogP contribution in [-0.2, 0) is 6.42 Å². The van der Waals surface area contributed by atoms with Crippen LogP contribution in [0.4, 0.5) is 13.2 Å². The molecule has 1 aromatic rings. The third-order valence-electron chi connectivity index (χ3n) is 1.59. The average Bonchev–Trinajstić information content (AvgIpc) is 2.12. The van der Waals surface area contributed by atoms with Crippen LogP contribution in [0.3, 0.4) is 0 Å². The minimum atomic E-state index is -4.20. The molecule has 0 amide bonds. The van der Waals surface area contributed by atoms with Gasteiger partial charge in [-0.15, -0.1) is 0 Å². The molecule has 0 saturated heterocycles. The van der Waals surface area contributed by atoms with Gasteiger partial charge in [0.05, 0.1) is 6.42 Å². The van der Waals surface area contributed by atoms with Gasteiger partial charge >= 0.3 is 6.18 Å². The van der Waals surface area contributed by atoms with Gasteiger partial charge in [0.1, 0.15) is 0 Å². The summed E-state index contributed by atoms with van der Waals surface area (Å²) in [4.78, 5) is 0. The van der Waals surface area contributed by atoms with Crippen molar-refractivity contribution in [2.75, 3.05) is 0 Å². The summed E-state index contributed by atoms with van der Waals surface area (Å²) in [6.07, 6.45) is -5.16. The highest BCUT2D eigenvalue weighted by molar-refractivity contribution is 6.31. The van der Waals surface area contributed by atoms with E-state index in [1.807, 2.05) is 13.8 Å². The van der Waals surface area contributed by atoms with Crippen molar-refractivity contribution in [2.45, 2.75) is 33.4 Å². The van der Waals surface area contributed by atoms with Crippen LogP contribution in [-0.4, -0.2) is 6.18 Å². The highest BCUT2D eigenvalue weighted by atomic mass is 35.5. The van der Waals surface area contributed by atoms with E-state index in [1.165, 1.54) is 12.1 Å². The van der Waals surface area contributed by atoms with Crippen LogP contribution in [0.25, 0.3) is 0 Å². The van der Waals surface area contributed by atoms with Gasteiger partial charge in [-0.2, -0.15) is 13.2 Å². The summed E-state index contributed by atoms with van der Waals surface area (Å²) in [5.41, 5.74) is 0.915. The number of halogens is 4. The zero-order valence-electron chi connectivity index (χ0n) is 8.95. The van der Waals surface area contributed by atoms with E-state index < -0.39 is 12.6 Å². The SMILES string of the molecule is CC.Cc1ccc(Cl)c(CC(F)(F)F)c1. The minimum Gasteiger partial charge on any atom is -0.171 e. The summed E-state index contributed by atoms with van der Waals surface area (Å²) in [5.74, 6) is 0. The molecule has 0 aliphatic heterocycles. The normalized spacial score (nSPS) is 10.6. The second-order valence-electron chi connectivity index (χ2n) is 2.89. The summed E-state index contributed by atoms with van der Waals surface area (Å²) in [6.45, 7) is 5.73. The summed E-state index contributed by atoms with van der Waals surface area (Å²) < 4.78 is 36.0. The number of benzene rings is 1. The molecule has 0 fully saturated rings. The van der Waals surface area contributed by atoms with Crippen LogP contribution in [0.2, 0.25) is 5.02 Å². The topological polar surface area (TPSA) is 0 Å². The number of alkyl halides is 3.